The van der Waals surface area contributed by atoms with Crippen molar-refractivity contribution in [3.63, 3.8) is 0 Å². The molecule has 1 amide bonds. The topological polar surface area (TPSA) is 122 Å². The molecule has 0 aromatic rings. The van der Waals surface area contributed by atoms with Crippen LogP contribution >= 0.6 is 0 Å². The number of carbonyl (C=O) groups excluding carboxylic acids is 1. The third-order valence-electron chi connectivity index (χ3n) is 2.75. The fraction of sp³-hybridized carbons (Fsp3) is 0.778. The highest BCUT2D eigenvalue weighted by Gasteiger charge is 2.32. The Bertz CT molecular complexity index is 418. The molecule has 0 radical (unpaired) electrons. The van der Waals surface area contributed by atoms with E-state index >= 15 is 0 Å². The Hall–Kier alpha value is -1.31. The Kier molecular flexibility index (Phi) is 4.33. The third kappa shape index (κ3) is 4.22. The van der Waals surface area contributed by atoms with Crippen LogP contribution < -0.4 is 11.1 Å². The van der Waals surface area contributed by atoms with Gasteiger partial charge in [0.1, 0.15) is 11.6 Å². The van der Waals surface area contributed by atoms with Gasteiger partial charge in [0.05, 0.1) is 0 Å². The third-order valence-corrected chi connectivity index (χ3v) is 3.54. The summed E-state index contributed by atoms with van der Waals surface area (Å²) in [5.41, 5.74) is 5.50. The molecule has 17 heavy (non-hydrogen) atoms. The maximum Gasteiger partial charge on any atom is 0.235 e. The first-order chi connectivity index (χ1) is 7.83. The van der Waals surface area contributed by atoms with Crippen molar-refractivity contribution in [1.82, 2.24) is 5.32 Å². The molecule has 0 bridgehead atoms. The summed E-state index contributed by atoms with van der Waals surface area (Å²) in [4.78, 5) is 11.4. The second kappa shape index (κ2) is 5.35. The molecule has 0 aromatic heterocycles. The maximum absolute atomic E-state index is 11.4. The van der Waals surface area contributed by atoms with Gasteiger partial charge >= 0.3 is 0 Å². The number of rotatable bonds is 4. The van der Waals surface area contributed by atoms with Crippen molar-refractivity contribution in [2.75, 3.05) is 12.0 Å². The molecule has 0 saturated heterocycles. The van der Waals surface area contributed by atoms with Crippen LogP contribution in [-0.2, 0) is 14.6 Å². The molecule has 98 valence electrons. The van der Waals surface area contributed by atoms with E-state index in [1.54, 1.807) is 0 Å². The lowest BCUT2D eigenvalue weighted by Gasteiger charge is -2.19. The monoisotopic (exact) mass is 263 g/mol. The van der Waals surface area contributed by atoms with Crippen molar-refractivity contribution in [1.29, 1.82) is 0 Å². The van der Waals surface area contributed by atoms with E-state index in [2.05, 4.69) is 10.5 Å². The van der Waals surface area contributed by atoms with Gasteiger partial charge in [-0.1, -0.05) is 11.6 Å². The quantitative estimate of drug-likeness (QED) is 0.261. The molecule has 1 aliphatic rings. The van der Waals surface area contributed by atoms with E-state index in [0.717, 1.165) is 19.1 Å². The normalized spacial score (nSPS) is 25.8. The van der Waals surface area contributed by atoms with Gasteiger partial charge in [-0.3, -0.25) is 4.79 Å². The van der Waals surface area contributed by atoms with Gasteiger partial charge in [0, 0.05) is 18.2 Å². The minimum absolute atomic E-state index is 0.0761. The van der Waals surface area contributed by atoms with Gasteiger partial charge in [0.2, 0.25) is 5.91 Å². The second-order valence-electron chi connectivity index (χ2n) is 4.31. The minimum atomic E-state index is -3.33. The summed E-state index contributed by atoms with van der Waals surface area (Å²) in [5, 5.41) is 14.1. The van der Waals surface area contributed by atoms with E-state index in [1.165, 1.54) is 0 Å². The predicted octanol–water partition coefficient (Wildman–Crippen LogP) is -0.938. The zero-order valence-electron chi connectivity index (χ0n) is 9.59. The minimum Gasteiger partial charge on any atom is -0.409 e. The summed E-state index contributed by atoms with van der Waals surface area (Å²) in [6, 6.07) is -0.250. The lowest BCUT2D eigenvalue weighted by atomic mass is 10.0. The van der Waals surface area contributed by atoms with Crippen LogP contribution in [0.1, 0.15) is 19.3 Å². The lowest BCUT2D eigenvalue weighted by molar-refractivity contribution is -0.119. The first-order valence-corrected chi connectivity index (χ1v) is 7.34. The fourth-order valence-electron chi connectivity index (χ4n) is 2.05. The number of amidine groups is 1. The summed E-state index contributed by atoms with van der Waals surface area (Å²) in [7, 11) is -3.33. The lowest BCUT2D eigenvalue weighted by Crippen LogP contribution is -2.44. The molecule has 0 spiro atoms. The van der Waals surface area contributed by atoms with Gasteiger partial charge in [-0.15, -0.1) is 0 Å². The van der Waals surface area contributed by atoms with Crippen molar-refractivity contribution >= 4 is 21.6 Å². The number of oxime groups is 1. The van der Waals surface area contributed by atoms with Crippen molar-refractivity contribution < 1.29 is 18.4 Å². The Balaban J connectivity index is 2.59. The summed E-state index contributed by atoms with van der Waals surface area (Å²) in [5.74, 6) is -1.22. The van der Waals surface area contributed by atoms with Crippen molar-refractivity contribution in [3.05, 3.63) is 0 Å². The number of hydrogen-bond acceptors (Lipinski definition) is 5. The number of amides is 1. The number of carbonyl (C=O) groups is 1. The van der Waals surface area contributed by atoms with Crippen LogP contribution in [0.25, 0.3) is 0 Å². The van der Waals surface area contributed by atoms with Crippen LogP contribution in [0.5, 0.6) is 0 Å². The van der Waals surface area contributed by atoms with Crippen LogP contribution in [0.2, 0.25) is 0 Å². The zero-order valence-corrected chi connectivity index (χ0v) is 10.4. The van der Waals surface area contributed by atoms with Gasteiger partial charge in [0.15, 0.2) is 9.84 Å². The highest BCUT2D eigenvalue weighted by Crippen LogP contribution is 2.25. The molecule has 0 aliphatic heterocycles. The molecule has 2 unspecified atom stereocenters. The molecule has 7 nitrogen and oxygen atoms in total. The molecule has 2 atom stereocenters. The van der Waals surface area contributed by atoms with E-state index in [9.17, 15) is 13.2 Å². The molecular formula is C9H17N3O4S. The van der Waals surface area contributed by atoms with Crippen molar-refractivity contribution in [3.8, 4) is 0 Å². The second-order valence-corrected chi connectivity index (χ2v) is 6.45. The van der Waals surface area contributed by atoms with Crippen LogP contribution in [-0.4, -0.2) is 43.4 Å². The van der Waals surface area contributed by atoms with Crippen molar-refractivity contribution in [2.45, 2.75) is 25.3 Å². The average Bonchev–Trinajstić information content (AvgIpc) is 2.61. The molecule has 4 N–H and O–H groups in total. The van der Waals surface area contributed by atoms with Crippen LogP contribution in [0.3, 0.4) is 0 Å². The van der Waals surface area contributed by atoms with E-state index < -0.39 is 21.5 Å². The summed E-state index contributed by atoms with van der Waals surface area (Å²) in [6.07, 6.45) is 3.28. The van der Waals surface area contributed by atoms with Gasteiger partial charge in [-0.2, -0.15) is 0 Å². The molecule has 8 heteroatoms. The Morgan fingerprint density at radius 2 is 2.18 bits per heavy atom. The average molecular weight is 263 g/mol. The first kappa shape index (κ1) is 13.8. The van der Waals surface area contributed by atoms with E-state index in [-0.39, 0.29) is 17.8 Å². The molecule has 1 rings (SSSR count). The highest BCUT2D eigenvalue weighted by molar-refractivity contribution is 7.91. The summed E-state index contributed by atoms with van der Waals surface area (Å²) < 4.78 is 21.9. The largest absolute Gasteiger partial charge is 0.409 e. The van der Waals surface area contributed by atoms with Gasteiger partial charge in [-0.05, 0) is 12.8 Å². The number of sulfone groups is 1. The van der Waals surface area contributed by atoms with Crippen LogP contribution in [0.4, 0.5) is 0 Å². The Morgan fingerprint density at radius 3 is 2.71 bits per heavy atom. The molecule has 0 aromatic carbocycles. The van der Waals surface area contributed by atoms with Gasteiger partial charge in [0.25, 0.3) is 0 Å². The molecule has 1 aliphatic carbocycles. The smallest absolute Gasteiger partial charge is 0.235 e. The number of nitrogens with one attached hydrogen (secondary N) is 1. The maximum atomic E-state index is 11.4. The van der Waals surface area contributed by atoms with Crippen molar-refractivity contribution in [2.24, 2.45) is 16.8 Å². The molecule has 0 heterocycles. The van der Waals surface area contributed by atoms with E-state index in [1.807, 2.05) is 0 Å². The van der Waals surface area contributed by atoms with Gasteiger partial charge < -0.3 is 16.3 Å². The van der Waals surface area contributed by atoms with E-state index in [4.69, 9.17) is 10.9 Å². The first-order valence-electron chi connectivity index (χ1n) is 5.28. The Morgan fingerprint density at radius 1 is 1.53 bits per heavy atom. The standard InChI is InChI=1S/C9H17N3O4S/c1-17(15,16)5-8(13)11-7-4-2-3-6(7)9(10)12-14/h6-7,14H,2-5H2,1H3,(H2,10,12)(H,11,13). The summed E-state index contributed by atoms with van der Waals surface area (Å²) in [6.45, 7) is 0. The molecular weight excluding hydrogens is 246 g/mol. The molecule has 1 fully saturated rings. The summed E-state index contributed by atoms with van der Waals surface area (Å²) >= 11 is 0. The van der Waals surface area contributed by atoms with Crippen LogP contribution in [0.15, 0.2) is 5.16 Å². The Labute approximate surface area is 100.0 Å². The number of hydrogen-bond donors (Lipinski definition) is 3. The van der Waals surface area contributed by atoms with Gasteiger partial charge in [-0.25, -0.2) is 8.42 Å². The highest BCUT2D eigenvalue weighted by atomic mass is 32.2. The SMILES string of the molecule is CS(=O)(=O)CC(=O)NC1CCCC1C(N)=NO. The molecule has 1 saturated carbocycles. The predicted molar refractivity (Wildman–Crippen MR) is 62.4 cm³/mol. The van der Waals surface area contributed by atoms with E-state index in [0.29, 0.717) is 6.42 Å². The number of nitrogens with two attached hydrogens (primary N) is 1. The number of nitrogens with zero attached hydrogens (tertiary/aromatic N) is 1. The fourth-order valence-corrected chi connectivity index (χ4v) is 2.61. The zero-order chi connectivity index (χ0) is 13.1. The van der Waals surface area contributed by atoms with Crippen LogP contribution in [0, 0.1) is 5.92 Å².